The molecule has 1 aromatic rings. The minimum Gasteiger partial charge on any atom is -0.544 e. The number of rotatable bonds is 7. The largest absolute Gasteiger partial charge is 0.544 e. The van der Waals surface area contributed by atoms with E-state index in [1.54, 1.807) is 12.1 Å². The van der Waals surface area contributed by atoms with E-state index in [0.29, 0.717) is 17.6 Å². The average molecular weight is 395 g/mol. The topological polar surface area (TPSA) is 75.7 Å². The van der Waals surface area contributed by atoms with Crippen LogP contribution in [0.5, 0.6) is 5.75 Å². The number of hydrogen-bond donors (Lipinski definition) is 0. The van der Waals surface area contributed by atoms with Crippen molar-refractivity contribution in [1.29, 1.82) is 0 Å². The molecular weight excluding hydrogens is 370 g/mol. The van der Waals surface area contributed by atoms with Gasteiger partial charge < -0.3 is 19.4 Å². The van der Waals surface area contributed by atoms with Crippen molar-refractivity contribution in [3.05, 3.63) is 29.8 Å². The highest BCUT2D eigenvalue weighted by Gasteiger charge is 2.50. The average Bonchev–Trinajstić information content (AvgIpc) is 3.19. The zero-order valence-electron chi connectivity index (χ0n) is 16.2. The van der Waals surface area contributed by atoms with Crippen LogP contribution in [0, 0.1) is 17.8 Å². The number of halogens is 2. The third kappa shape index (κ3) is 3.84. The number of ether oxygens (including phenoxy) is 2. The zero-order valence-corrected chi connectivity index (χ0v) is 16.2. The molecule has 28 heavy (non-hydrogen) atoms. The Bertz CT molecular complexity index is 746. The standard InChI is InChI=1S/C21H26F2O5/c1-12(2)17(21(22,23)19(25)26)27-18(24)14-5-8-16(9-6-14)28-20(3)11-13-4-7-15(20)10-13/h5-6,8-9,12-13,15,17H,4,7,10-11H2,1-3H3,(H,25,26)/p-1. The maximum absolute atomic E-state index is 13.8. The fourth-order valence-corrected chi connectivity index (χ4v) is 4.54. The van der Waals surface area contributed by atoms with Crippen molar-refractivity contribution in [1.82, 2.24) is 0 Å². The molecule has 5 nitrogen and oxygen atoms in total. The van der Waals surface area contributed by atoms with E-state index in [2.05, 4.69) is 6.92 Å². The van der Waals surface area contributed by atoms with Gasteiger partial charge in [0.2, 0.25) is 0 Å². The Hall–Kier alpha value is -2.18. The molecule has 154 valence electrons. The van der Waals surface area contributed by atoms with E-state index in [0.717, 1.165) is 12.8 Å². The molecule has 7 heteroatoms. The number of carboxylic acid groups (broad SMARTS) is 1. The number of benzene rings is 1. The summed E-state index contributed by atoms with van der Waals surface area (Å²) >= 11 is 0. The highest BCUT2D eigenvalue weighted by Crippen LogP contribution is 2.52. The second kappa shape index (κ2) is 7.33. The monoisotopic (exact) mass is 395 g/mol. The van der Waals surface area contributed by atoms with Crippen molar-refractivity contribution in [2.45, 2.75) is 64.1 Å². The van der Waals surface area contributed by atoms with Crippen molar-refractivity contribution >= 4 is 11.9 Å². The van der Waals surface area contributed by atoms with Gasteiger partial charge in [-0.1, -0.05) is 13.8 Å². The first-order valence-corrected chi connectivity index (χ1v) is 9.62. The molecule has 0 spiro atoms. The van der Waals surface area contributed by atoms with Crippen LogP contribution in [0.4, 0.5) is 8.78 Å². The second-order valence-corrected chi connectivity index (χ2v) is 8.50. The Labute approximate surface area is 163 Å². The van der Waals surface area contributed by atoms with Crippen molar-refractivity contribution < 1.29 is 33.0 Å². The smallest absolute Gasteiger partial charge is 0.338 e. The summed E-state index contributed by atoms with van der Waals surface area (Å²) in [6.07, 6.45) is 2.49. The van der Waals surface area contributed by atoms with Gasteiger partial charge in [-0.3, -0.25) is 0 Å². The highest BCUT2D eigenvalue weighted by atomic mass is 19.3. The summed E-state index contributed by atoms with van der Waals surface area (Å²) in [5, 5.41) is 10.7. The molecule has 0 aromatic heterocycles. The van der Waals surface area contributed by atoms with Crippen LogP contribution in [-0.4, -0.2) is 29.6 Å². The van der Waals surface area contributed by atoms with Crippen LogP contribution in [0.15, 0.2) is 24.3 Å². The van der Waals surface area contributed by atoms with Crippen molar-refractivity contribution in [2.75, 3.05) is 0 Å². The minimum atomic E-state index is -4.27. The van der Waals surface area contributed by atoms with Crippen molar-refractivity contribution in [2.24, 2.45) is 17.8 Å². The number of hydrogen-bond acceptors (Lipinski definition) is 5. The van der Waals surface area contributed by atoms with Gasteiger partial charge in [0.25, 0.3) is 0 Å². The maximum Gasteiger partial charge on any atom is 0.338 e. The third-order valence-electron chi connectivity index (χ3n) is 6.01. The van der Waals surface area contributed by atoms with Gasteiger partial charge in [0, 0.05) is 0 Å². The molecule has 0 saturated heterocycles. The molecule has 2 aliphatic carbocycles. The van der Waals surface area contributed by atoms with E-state index in [4.69, 9.17) is 9.47 Å². The number of esters is 1. The highest BCUT2D eigenvalue weighted by molar-refractivity contribution is 5.90. The summed E-state index contributed by atoms with van der Waals surface area (Å²) in [5.74, 6) is -6.92. The van der Waals surface area contributed by atoms with Gasteiger partial charge in [0.1, 0.15) is 17.3 Å². The third-order valence-corrected chi connectivity index (χ3v) is 6.01. The molecule has 1 aromatic carbocycles. The van der Waals surface area contributed by atoms with Crippen LogP contribution in [0.3, 0.4) is 0 Å². The molecule has 4 atom stereocenters. The predicted molar refractivity (Wildman–Crippen MR) is 94.9 cm³/mol. The lowest BCUT2D eigenvalue weighted by molar-refractivity contribution is -0.337. The first kappa shape index (κ1) is 20.6. The molecule has 0 aliphatic heterocycles. The first-order chi connectivity index (χ1) is 13.0. The molecule has 0 radical (unpaired) electrons. The van der Waals surface area contributed by atoms with Crippen molar-refractivity contribution in [3.63, 3.8) is 0 Å². The molecule has 4 unspecified atom stereocenters. The molecule has 2 bridgehead atoms. The van der Waals surface area contributed by atoms with Gasteiger partial charge in [0.05, 0.1) is 5.56 Å². The van der Waals surface area contributed by atoms with Gasteiger partial charge in [-0.25, -0.2) is 4.79 Å². The van der Waals surface area contributed by atoms with Crippen LogP contribution in [0.1, 0.15) is 56.8 Å². The molecule has 3 rings (SSSR count). The maximum atomic E-state index is 13.8. The lowest BCUT2D eigenvalue weighted by atomic mass is 9.85. The van der Waals surface area contributed by atoms with E-state index in [9.17, 15) is 23.5 Å². The Kier molecular flexibility index (Phi) is 5.38. The molecular formula is C21H25F2O5-. The minimum absolute atomic E-state index is 0.0465. The number of alkyl halides is 2. The summed E-state index contributed by atoms with van der Waals surface area (Å²) in [6.45, 7) is 4.80. The molecule has 0 N–H and O–H groups in total. The molecule has 0 heterocycles. The summed E-state index contributed by atoms with van der Waals surface area (Å²) in [4.78, 5) is 23.0. The number of carbonyl (C=O) groups excluding carboxylic acids is 2. The van der Waals surface area contributed by atoms with Crippen LogP contribution in [0.25, 0.3) is 0 Å². The van der Waals surface area contributed by atoms with Crippen LogP contribution < -0.4 is 9.84 Å². The number of carboxylic acids is 1. The Morgan fingerprint density at radius 2 is 1.86 bits per heavy atom. The number of fused-ring (bicyclic) bond motifs is 2. The zero-order chi connectivity index (χ0) is 20.7. The van der Waals surface area contributed by atoms with Crippen LogP contribution in [-0.2, 0) is 9.53 Å². The summed E-state index contributed by atoms with van der Waals surface area (Å²) in [7, 11) is 0. The molecule has 2 aliphatic rings. The number of carbonyl (C=O) groups is 2. The van der Waals surface area contributed by atoms with Crippen molar-refractivity contribution in [3.8, 4) is 5.75 Å². The SMILES string of the molecule is CC(C)C(OC(=O)c1ccc(OC2(C)CC3CCC2C3)cc1)C(F)(F)C(=O)[O-]. The molecule has 2 fully saturated rings. The van der Waals surface area contributed by atoms with Crippen LogP contribution in [0.2, 0.25) is 0 Å². The lowest BCUT2D eigenvalue weighted by Crippen LogP contribution is -2.53. The fraction of sp³-hybridized carbons (Fsp3) is 0.619. The molecule has 0 amide bonds. The summed E-state index contributed by atoms with van der Waals surface area (Å²) in [5.41, 5.74) is -0.172. The lowest BCUT2D eigenvalue weighted by Gasteiger charge is -2.34. The molecule has 2 saturated carbocycles. The van der Waals surface area contributed by atoms with E-state index in [1.807, 2.05) is 0 Å². The van der Waals surface area contributed by atoms with Gasteiger partial charge in [-0.05, 0) is 74.6 Å². The predicted octanol–water partition coefficient (Wildman–Crippen LogP) is 3.21. The summed E-state index contributed by atoms with van der Waals surface area (Å²) in [6, 6.07) is 6.08. The Morgan fingerprint density at radius 3 is 2.32 bits per heavy atom. The van der Waals surface area contributed by atoms with E-state index >= 15 is 0 Å². The normalized spacial score (nSPS) is 27.6. The second-order valence-electron chi connectivity index (χ2n) is 8.50. The quantitative estimate of drug-likeness (QED) is 0.663. The van der Waals surface area contributed by atoms with Gasteiger partial charge in [0.15, 0.2) is 6.10 Å². The van der Waals surface area contributed by atoms with E-state index in [1.165, 1.54) is 38.8 Å². The Balaban J connectivity index is 1.67. The number of aliphatic carboxylic acids is 1. The fourth-order valence-electron chi connectivity index (χ4n) is 4.54. The van der Waals surface area contributed by atoms with E-state index in [-0.39, 0.29) is 11.2 Å². The summed E-state index contributed by atoms with van der Waals surface area (Å²) < 4.78 is 38.6. The van der Waals surface area contributed by atoms with Gasteiger partial charge in [-0.15, -0.1) is 0 Å². The first-order valence-electron chi connectivity index (χ1n) is 9.62. The van der Waals surface area contributed by atoms with E-state index < -0.39 is 29.9 Å². The van der Waals surface area contributed by atoms with Crippen LogP contribution >= 0.6 is 0 Å². The van der Waals surface area contributed by atoms with Gasteiger partial charge in [-0.2, -0.15) is 8.78 Å². The van der Waals surface area contributed by atoms with Gasteiger partial charge >= 0.3 is 11.9 Å². The Morgan fingerprint density at radius 1 is 1.21 bits per heavy atom.